The summed E-state index contributed by atoms with van der Waals surface area (Å²) in [5.74, 6) is 0.137. The van der Waals surface area contributed by atoms with Crippen molar-refractivity contribution in [1.82, 2.24) is 4.90 Å². The molecule has 19 heavy (non-hydrogen) atoms. The number of hydrogen-bond acceptors (Lipinski definition) is 2. The molecule has 1 fully saturated rings. The lowest BCUT2D eigenvalue weighted by Crippen LogP contribution is -2.40. The van der Waals surface area contributed by atoms with E-state index in [2.05, 4.69) is 11.8 Å². The zero-order valence-corrected chi connectivity index (χ0v) is 12.3. The van der Waals surface area contributed by atoms with Crippen LogP contribution in [0.25, 0.3) is 0 Å². The van der Waals surface area contributed by atoms with Gasteiger partial charge in [0.05, 0.1) is 11.6 Å². The predicted octanol–water partition coefficient (Wildman–Crippen LogP) is 4.18. The minimum atomic E-state index is 0.137. The van der Waals surface area contributed by atoms with Gasteiger partial charge in [-0.05, 0) is 31.5 Å². The van der Waals surface area contributed by atoms with E-state index in [0.717, 1.165) is 6.54 Å². The molecule has 1 aromatic carbocycles. The largest absolute Gasteiger partial charge is 0.293 e. The van der Waals surface area contributed by atoms with Crippen LogP contribution in [0.5, 0.6) is 0 Å². The molecule has 0 spiro atoms. The molecule has 0 radical (unpaired) electrons. The zero-order valence-electron chi connectivity index (χ0n) is 11.6. The van der Waals surface area contributed by atoms with Crippen LogP contribution in [0.15, 0.2) is 24.3 Å². The highest BCUT2D eigenvalue weighted by atomic mass is 35.5. The number of nitrogens with zero attached hydrogens (tertiary/aromatic N) is 1. The van der Waals surface area contributed by atoms with Gasteiger partial charge in [0.2, 0.25) is 0 Å². The Kier molecular flexibility index (Phi) is 5.41. The third-order valence-electron chi connectivity index (χ3n) is 4.02. The summed E-state index contributed by atoms with van der Waals surface area (Å²) in [6.07, 6.45) is 6.38. The van der Waals surface area contributed by atoms with Crippen LogP contribution in [0.4, 0.5) is 0 Å². The monoisotopic (exact) mass is 279 g/mol. The smallest absolute Gasteiger partial charge is 0.178 e. The first-order chi connectivity index (χ1) is 9.22. The molecular weight excluding hydrogens is 258 g/mol. The average Bonchev–Trinajstić information content (AvgIpc) is 2.46. The molecule has 0 saturated heterocycles. The van der Waals surface area contributed by atoms with Gasteiger partial charge in [-0.3, -0.25) is 9.69 Å². The fraction of sp³-hybridized carbons (Fsp3) is 0.562. The molecule has 1 aliphatic carbocycles. The maximum absolute atomic E-state index is 12.4. The Bertz CT molecular complexity index is 427. The third-order valence-corrected chi connectivity index (χ3v) is 4.35. The standard InChI is InChI=1S/C16H22ClNO/c1-2-18(13-8-4-3-5-9-13)12-16(19)14-10-6-7-11-15(14)17/h6-7,10-11,13H,2-5,8-9,12H2,1H3. The fourth-order valence-electron chi connectivity index (χ4n) is 2.90. The average molecular weight is 280 g/mol. The number of carbonyl (C=O) groups excluding carboxylic acids is 1. The number of hydrogen-bond donors (Lipinski definition) is 0. The Hall–Kier alpha value is -0.860. The molecule has 1 aliphatic rings. The normalized spacial score (nSPS) is 16.8. The summed E-state index contributed by atoms with van der Waals surface area (Å²) in [4.78, 5) is 14.7. The van der Waals surface area contributed by atoms with Crippen molar-refractivity contribution < 1.29 is 4.79 Å². The van der Waals surface area contributed by atoms with Crippen LogP contribution in [0.3, 0.4) is 0 Å². The SMILES string of the molecule is CCN(CC(=O)c1ccccc1Cl)C1CCCCC1. The van der Waals surface area contributed by atoms with E-state index in [1.165, 1.54) is 32.1 Å². The van der Waals surface area contributed by atoms with Crippen molar-refractivity contribution in [2.45, 2.75) is 45.1 Å². The summed E-state index contributed by atoms with van der Waals surface area (Å²) < 4.78 is 0. The molecule has 0 aromatic heterocycles. The van der Waals surface area contributed by atoms with Crippen molar-refractivity contribution in [2.24, 2.45) is 0 Å². The predicted molar refractivity (Wildman–Crippen MR) is 79.9 cm³/mol. The summed E-state index contributed by atoms with van der Waals surface area (Å²) >= 11 is 6.09. The van der Waals surface area contributed by atoms with Gasteiger partial charge in [-0.1, -0.05) is 49.9 Å². The Labute approximate surface area is 120 Å². The summed E-state index contributed by atoms with van der Waals surface area (Å²) in [5.41, 5.74) is 0.651. The highest BCUT2D eigenvalue weighted by Crippen LogP contribution is 2.23. The van der Waals surface area contributed by atoms with Gasteiger partial charge in [0.15, 0.2) is 5.78 Å². The van der Waals surface area contributed by atoms with Crippen LogP contribution in [0.2, 0.25) is 5.02 Å². The van der Waals surface area contributed by atoms with Crippen molar-refractivity contribution in [1.29, 1.82) is 0 Å². The van der Waals surface area contributed by atoms with Crippen molar-refractivity contribution >= 4 is 17.4 Å². The van der Waals surface area contributed by atoms with E-state index in [4.69, 9.17) is 11.6 Å². The molecule has 2 nitrogen and oxygen atoms in total. The molecule has 0 N–H and O–H groups in total. The van der Waals surface area contributed by atoms with Crippen LogP contribution in [0, 0.1) is 0 Å². The van der Waals surface area contributed by atoms with Gasteiger partial charge in [0.25, 0.3) is 0 Å². The zero-order chi connectivity index (χ0) is 13.7. The lowest BCUT2D eigenvalue weighted by atomic mass is 9.94. The highest BCUT2D eigenvalue weighted by Gasteiger charge is 2.22. The Morgan fingerprint density at radius 1 is 1.26 bits per heavy atom. The maximum atomic E-state index is 12.4. The van der Waals surface area contributed by atoms with Crippen LogP contribution in [-0.2, 0) is 0 Å². The summed E-state index contributed by atoms with van der Waals surface area (Å²) in [6.45, 7) is 3.56. The van der Waals surface area contributed by atoms with Crippen molar-refractivity contribution in [3.63, 3.8) is 0 Å². The van der Waals surface area contributed by atoms with Crippen molar-refractivity contribution in [3.05, 3.63) is 34.9 Å². The van der Waals surface area contributed by atoms with Crippen LogP contribution < -0.4 is 0 Å². The van der Waals surface area contributed by atoms with Gasteiger partial charge in [0.1, 0.15) is 0 Å². The first-order valence-corrected chi connectivity index (χ1v) is 7.62. The molecule has 0 bridgehead atoms. The number of ketones is 1. The van der Waals surface area contributed by atoms with E-state index >= 15 is 0 Å². The van der Waals surface area contributed by atoms with E-state index < -0.39 is 0 Å². The van der Waals surface area contributed by atoms with Crippen LogP contribution in [0.1, 0.15) is 49.4 Å². The van der Waals surface area contributed by atoms with Gasteiger partial charge in [-0.2, -0.15) is 0 Å². The first kappa shape index (κ1) is 14.5. The number of Topliss-reactive ketones (excluding diaryl/α,β-unsaturated/α-hetero) is 1. The molecule has 1 saturated carbocycles. The van der Waals surface area contributed by atoms with Gasteiger partial charge < -0.3 is 0 Å². The molecule has 0 unspecified atom stereocenters. The summed E-state index contributed by atoms with van der Waals surface area (Å²) in [5, 5.41) is 0.562. The van der Waals surface area contributed by atoms with Crippen LogP contribution in [-0.4, -0.2) is 29.8 Å². The lowest BCUT2D eigenvalue weighted by Gasteiger charge is -2.33. The van der Waals surface area contributed by atoms with Crippen LogP contribution >= 0.6 is 11.6 Å². The maximum Gasteiger partial charge on any atom is 0.178 e. The van der Waals surface area contributed by atoms with Crippen molar-refractivity contribution in [3.8, 4) is 0 Å². The Morgan fingerprint density at radius 3 is 2.58 bits per heavy atom. The first-order valence-electron chi connectivity index (χ1n) is 7.24. The second kappa shape index (κ2) is 7.06. The van der Waals surface area contributed by atoms with Gasteiger partial charge in [-0.15, -0.1) is 0 Å². The third kappa shape index (κ3) is 3.80. The van der Waals surface area contributed by atoms with E-state index in [1.807, 2.05) is 18.2 Å². The topological polar surface area (TPSA) is 20.3 Å². The number of halogens is 1. The molecule has 3 heteroatoms. The minimum Gasteiger partial charge on any atom is -0.293 e. The number of benzene rings is 1. The van der Waals surface area contributed by atoms with Gasteiger partial charge in [-0.25, -0.2) is 0 Å². The Morgan fingerprint density at radius 2 is 1.95 bits per heavy atom. The number of likely N-dealkylation sites (N-methyl/N-ethyl adjacent to an activating group) is 1. The van der Waals surface area contributed by atoms with Gasteiger partial charge >= 0.3 is 0 Å². The summed E-state index contributed by atoms with van der Waals surface area (Å²) in [6, 6.07) is 7.91. The fourth-order valence-corrected chi connectivity index (χ4v) is 3.14. The number of carbonyl (C=O) groups is 1. The van der Waals surface area contributed by atoms with E-state index in [9.17, 15) is 4.79 Å². The molecule has 0 atom stereocenters. The second-order valence-electron chi connectivity index (χ2n) is 5.26. The minimum absolute atomic E-state index is 0.137. The van der Waals surface area contributed by atoms with Gasteiger partial charge in [0, 0.05) is 11.6 Å². The van der Waals surface area contributed by atoms with E-state index in [-0.39, 0.29) is 5.78 Å². The summed E-state index contributed by atoms with van der Waals surface area (Å²) in [7, 11) is 0. The quantitative estimate of drug-likeness (QED) is 0.754. The van der Waals surface area contributed by atoms with Crippen molar-refractivity contribution in [2.75, 3.05) is 13.1 Å². The molecule has 0 amide bonds. The molecule has 104 valence electrons. The molecule has 1 aromatic rings. The molecular formula is C16H22ClNO. The van der Waals surface area contributed by atoms with E-state index in [0.29, 0.717) is 23.2 Å². The molecule has 0 aliphatic heterocycles. The molecule has 2 rings (SSSR count). The highest BCUT2D eigenvalue weighted by molar-refractivity contribution is 6.34. The lowest BCUT2D eigenvalue weighted by molar-refractivity contribution is 0.0868. The molecule has 0 heterocycles. The van der Waals surface area contributed by atoms with E-state index in [1.54, 1.807) is 6.07 Å². The second-order valence-corrected chi connectivity index (χ2v) is 5.67. The number of rotatable bonds is 5. The Balaban J connectivity index is 2.01.